The van der Waals surface area contributed by atoms with Crippen LogP contribution in [0.15, 0.2) is 36.0 Å². The van der Waals surface area contributed by atoms with E-state index in [0.717, 1.165) is 4.88 Å². The summed E-state index contributed by atoms with van der Waals surface area (Å²) in [5, 5.41) is 2.89. The van der Waals surface area contributed by atoms with Crippen molar-refractivity contribution in [3.8, 4) is 10.6 Å². The highest BCUT2D eigenvalue weighted by Crippen LogP contribution is 2.32. The summed E-state index contributed by atoms with van der Waals surface area (Å²) in [6, 6.07) is 6.53. The summed E-state index contributed by atoms with van der Waals surface area (Å²) in [6.07, 6.45) is 1.45. The highest BCUT2D eigenvalue weighted by Gasteiger charge is 2.11. The first-order valence-corrected chi connectivity index (χ1v) is 6.15. The van der Waals surface area contributed by atoms with Gasteiger partial charge in [-0.15, -0.1) is 11.3 Å². The monoisotopic (exact) mass is 264 g/mol. The molecule has 2 heterocycles. The number of nitrogens with zero attached hydrogens (tertiary/aromatic N) is 2. The molecule has 3 rings (SSSR count). The van der Waals surface area contributed by atoms with E-state index in [0.29, 0.717) is 21.6 Å². The zero-order valence-electron chi connectivity index (χ0n) is 8.52. The molecule has 0 amide bonds. The highest BCUT2D eigenvalue weighted by atomic mass is 35.5. The fraction of sp³-hybridized carbons (Fsp3) is 0. The first-order chi connectivity index (χ1) is 8.25. The lowest BCUT2D eigenvalue weighted by molar-refractivity contribution is 0.629. The maximum Gasteiger partial charge on any atom is 0.125 e. The van der Waals surface area contributed by atoms with Crippen LogP contribution in [0, 0.1) is 5.82 Å². The van der Waals surface area contributed by atoms with Gasteiger partial charge in [0.15, 0.2) is 0 Å². The second kappa shape index (κ2) is 4.05. The van der Waals surface area contributed by atoms with Crippen LogP contribution in [0.1, 0.15) is 0 Å². The molecule has 5 heteroatoms. The quantitative estimate of drug-likeness (QED) is 0.660. The van der Waals surface area contributed by atoms with Crippen molar-refractivity contribution in [2.75, 3.05) is 0 Å². The number of hydrogen-bond donors (Lipinski definition) is 0. The van der Waals surface area contributed by atoms with E-state index in [1.54, 1.807) is 11.3 Å². The Morgan fingerprint density at radius 3 is 2.88 bits per heavy atom. The fourth-order valence-corrected chi connectivity index (χ4v) is 2.69. The van der Waals surface area contributed by atoms with Crippen molar-refractivity contribution >= 4 is 33.8 Å². The first-order valence-electron chi connectivity index (χ1n) is 4.89. The molecule has 0 saturated carbocycles. The van der Waals surface area contributed by atoms with Crippen LogP contribution >= 0.6 is 22.9 Å². The molecule has 1 aromatic carbocycles. The molecule has 0 aliphatic rings. The van der Waals surface area contributed by atoms with E-state index in [9.17, 15) is 4.39 Å². The smallest absolute Gasteiger partial charge is 0.125 e. The van der Waals surface area contributed by atoms with E-state index in [-0.39, 0.29) is 5.82 Å². The molecule has 0 spiro atoms. The standard InChI is InChI=1S/C12H6ClFN2S/c13-9-5-7(14)4-8-11(9)15-6-16-12(8)10-2-1-3-17-10/h1-6H. The van der Waals surface area contributed by atoms with Crippen molar-refractivity contribution < 1.29 is 4.39 Å². The first kappa shape index (κ1) is 10.6. The van der Waals surface area contributed by atoms with Gasteiger partial charge in [-0.05, 0) is 23.6 Å². The Labute approximate surface area is 106 Å². The van der Waals surface area contributed by atoms with E-state index >= 15 is 0 Å². The van der Waals surface area contributed by atoms with Gasteiger partial charge in [-0.3, -0.25) is 0 Å². The molecule has 0 fully saturated rings. The lowest BCUT2D eigenvalue weighted by Crippen LogP contribution is -1.89. The molecule has 2 nitrogen and oxygen atoms in total. The number of benzene rings is 1. The number of hydrogen-bond acceptors (Lipinski definition) is 3. The SMILES string of the molecule is Fc1cc(Cl)c2ncnc(-c3cccs3)c2c1. The molecule has 0 N–H and O–H groups in total. The van der Waals surface area contributed by atoms with Crippen LogP contribution in [0.3, 0.4) is 0 Å². The summed E-state index contributed by atoms with van der Waals surface area (Å²) >= 11 is 7.52. The zero-order valence-corrected chi connectivity index (χ0v) is 10.1. The number of halogens is 2. The third kappa shape index (κ3) is 1.79. The molecule has 17 heavy (non-hydrogen) atoms. The summed E-state index contributed by atoms with van der Waals surface area (Å²) < 4.78 is 13.4. The summed E-state index contributed by atoms with van der Waals surface area (Å²) in [7, 11) is 0. The maximum atomic E-state index is 13.4. The average molecular weight is 265 g/mol. The van der Waals surface area contributed by atoms with E-state index < -0.39 is 0 Å². The third-order valence-electron chi connectivity index (χ3n) is 2.41. The van der Waals surface area contributed by atoms with Gasteiger partial charge < -0.3 is 0 Å². The normalized spacial score (nSPS) is 10.9. The zero-order chi connectivity index (χ0) is 11.8. The minimum atomic E-state index is -0.380. The average Bonchev–Trinajstić information content (AvgIpc) is 2.81. The Hall–Kier alpha value is -1.52. The van der Waals surface area contributed by atoms with Crippen molar-refractivity contribution in [1.82, 2.24) is 9.97 Å². The Morgan fingerprint density at radius 1 is 1.24 bits per heavy atom. The van der Waals surface area contributed by atoms with Gasteiger partial charge in [-0.25, -0.2) is 14.4 Å². The second-order valence-electron chi connectivity index (χ2n) is 3.48. The van der Waals surface area contributed by atoms with E-state index in [1.165, 1.54) is 18.5 Å². The summed E-state index contributed by atoms with van der Waals surface area (Å²) in [5.41, 5.74) is 1.29. The highest BCUT2D eigenvalue weighted by molar-refractivity contribution is 7.13. The third-order valence-corrected chi connectivity index (χ3v) is 3.58. The Balaban J connectivity index is 2.40. The molecule has 0 unspecified atom stereocenters. The van der Waals surface area contributed by atoms with Crippen LogP contribution in [0.2, 0.25) is 5.02 Å². The second-order valence-corrected chi connectivity index (χ2v) is 4.84. The molecule has 84 valence electrons. The van der Waals surface area contributed by atoms with E-state index in [1.807, 2.05) is 17.5 Å². The van der Waals surface area contributed by atoms with Gasteiger partial charge in [0, 0.05) is 5.39 Å². The summed E-state index contributed by atoms with van der Waals surface area (Å²) in [4.78, 5) is 9.26. The van der Waals surface area contributed by atoms with Crippen LogP contribution in [-0.2, 0) is 0 Å². The number of aromatic nitrogens is 2. The molecule has 0 aliphatic heterocycles. The molecule has 0 radical (unpaired) electrons. The molecular weight excluding hydrogens is 259 g/mol. The van der Waals surface area contributed by atoms with Gasteiger partial charge in [0.05, 0.1) is 21.1 Å². The van der Waals surface area contributed by atoms with Crippen molar-refractivity contribution in [2.45, 2.75) is 0 Å². The maximum absolute atomic E-state index is 13.4. The molecule has 0 atom stereocenters. The van der Waals surface area contributed by atoms with Gasteiger partial charge in [0.2, 0.25) is 0 Å². The van der Waals surface area contributed by atoms with Gasteiger partial charge in [-0.2, -0.15) is 0 Å². The molecular formula is C12H6ClFN2S. The largest absolute Gasteiger partial charge is 0.235 e. The Bertz CT molecular complexity index is 682. The van der Waals surface area contributed by atoms with E-state index in [2.05, 4.69) is 9.97 Å². The van der Waals surface area contributed by atoms with Gasteiger partial charge >= 0.3 is 0 Å². The van der Waals surface area contributed by atoms with Crippen molar-refractivity contribution in [3.63, 3.8) is 0 Å². The molecule has 0 bridgehead atoms. The molecule has 3 aromatic rings. The van der Waals surface area contributed by atoms with Crippen LogP contribution in [-0.4, -0.2) is 9.97 Å². The molecule has 2 aromatic heterocycles. The summed E-state index contributed by atoms with van der Waals surface area (Å²) in [5.74, 6) is -0.380. The van der Waals surface area contributed by atoms with Crippen LogP contribution in [0.4, 0.5) is 4.39 Å². The van der Waals surface area contributed by atoms with Crippen molar-refractivity contribution in [2.24, 2.45) is 0 Å². The number of thiophene rings is 1. The fourth-order valence-electron chi connectivity index (χ4n) is 1.70. The summed E-state index contributed by atoms with van der Waals surface area (Å²) in [6.45, 7) is 0. The molecule has 0 aliphatic carbocycles. The number of rotatable bonds is 1. The molecule has 0 saturated heterocycles. The lowest BCUT2D eigenvalue weighted by atomic mass is 10.1. The number of fused-ring (bicyclic) bond motifs is 1. The Kier molecular flexibility index (Phi) is 2.53. The van der Waals surface area contributed by atoms with Gasteiger partial charge in [0.1, 0.15) is 12.1 Å². The van der Waals surface area contributed by atoms with Crippen LogP contribution in [0.5, 0.6) is 0 Å². The topological polar surface area (TPSA) is 25.8 Å². The van der Waals surface area contributed by atoms with E-state index in [4.69, 9.17) is 11.6 Å². The van der Waals surface area contributed by atoms with Crippen LogP contribution in [0.25, 0.3) is 21.5 Å². The predicted octanol–water partition coefficient (Wildman–Crippen LogP) is 4.15. The van der Waals surface area contributed by atoms with Crippen LogP contribution < -0.4 is 0 Å². The van der Waals surface area contributed by atoms with Crippen molar-refractivity contribution in [1.29, 1.82) is 0 Å². The lowest BCUT2D eigenvalue weighted by Gasteiger charge is -2.04. The van der Waals surface area contributed by atoms with Gasteiger partial charge in [0.25, 0.3) is 0 Å². The Morgan fingerprint density at radius 2 is 2.12 bits per heavy atom. The predicted molar refractivity (Wildman–Crippen MR) is 67.8 cm³/mol. The van der Waals surface area contributed by atoms with Crippen molar-refractivity contribution in [3.05, 3.63) is 46.8 Å². The van der Waals surface area contributed by atoms with Gasteiger partial charge in [-0.1, -0.05) is 17.7 Å². The minimum Gasteiger partial charge on any atom is -0.235 e. The minimum absolute atomic E-state index is 0.306.